The van der Waals surface area contributed by atoms with Gasteiger partial charge in [0.2, 0.25) is 0 Å². The Morgan fingerprint density at radius 1 is 1.30 bits per heavy atom. The normalized spacial score (nSPS) is 26.8. The summed E-state index contributed by atoms with van der Waals surface area (Å²) in [6, 6.07) is 6.43. The highest BCUT2D eigenvalue weighted by Crippen LogP contribution is 2.32. The van der Waals surface area contributed by atoms with Crippen LogP contribution in [0.4, 0.5) is 0 Å². The zero-order chi connectivity index (χ0) is 14.7. The molecule has 0 saturated heterocycles. The van der Waals surface area contributed by atoms with Gasteiger partial charge in [-0.2, -0.15) is 0 Å². The van der Waals surface area contributed by atoms with Gasteiger partial charge in [-0.25, -0.2) is 0 Å². The third-order valence-electron chi connectivity index (χ3n) is 4.60. The smallest absolute Gasteiger partial charge is 0.125 e. The minimum atomic E-state index is -0.320. The van der Waals surface area contributed by atoms with Crippen LogP contribution in [-0.2, 0) is 0 Å². The average Bonchev–Trinajstić information content (AvgIpc) is 2.43. The van der Waals surface area contributed by atoms with E-state index in [9.17, 15) is 5.11 Å². The Balaban J connectivity index is 2.13. The maximum Gasteiger partial charge on any atom is 0.125 e. The second-order valence-corrected chi connectivity index (χ2v) is 6.49. The fraction of sp³-hybridized carbons (Fsp3) is 0.667. The summed E-state index contributed by atoms with van der Waals surface area (Å²) < 4.78 is 6.17. The van der Waals surface area contributed by atoms with Crippen molar-refractivity contribution < 1.29 is 9.84 Å². The van der Waals surface area contributed by atoms with Crippen LogP contribution < -0.4 is 4.74 Å². The molecule has 0 amide bonds. The Kier molecular flexibility index (Phi) is 5.09. The first-order chi connectivity index (χ1) is 9.51. The molecule has 2 nitrogen and oxygen atoms in total. The summed E-state index contributed by atoms with van der Waals surface area (Å²) >= 11 is 0. The van der Waals surface area contributed by atoms with Gasteiger partial charge in [0, 0.05) is 0 Å². The lowest BCUT2D eigenvalue weighted by Gasteiger charge is -2.33. The van der Waals surface area contributed by atoms with Crippen molar-refractivity contribution in [1.29, 1.82) is 0 Å². The number of ether oxygens (including phenoxy) is 1. The molecule has 0 aromatic heterocycles. The van der Waals surface area contributed by atoms with Crippen molar-refractivity contribution >= 4 is 0 Å². The Morgan fingerprint density at radius 2 is 2.05 bits per heavy atom. The summed E-state index contributed by atoms with van der Waals surface area (Å²) in [7, 11) is 0. The van der Waals surface area contributed by atoms with Crippen LogP contribution in [0, 0.1) is 12.8 Å². The predicted octanol–water partition coefficient (Wildman–Crippen LogP) is 4.44. The molecule has 0 spiro atoms. The lowest BCUT2D eigenvalue weighted by molar-refractivity contribution is -0.0112. The molecule has 1 saturated carbocycles. The Morgan fingerprint density at radius 3 is 2.70 bits per heavy atom. The molecule has 1 N–H and O–H groups in total. The van der Waals surface area contributed by atoms with Crippen LogP contribution in [0.1, 0.15) is 63.5 Å². The van der Waals surface area contributed by atoms with Crippen molar-refractivity contribution in [3.8, 4) is 5.75 Å². The molecule has 20 heavy (non-hydrogen) atoms. The van der Waals surface area contributed by atoms with Crippen LogP contribution in [0.5, 0.6) is 5.75 Å². The fourth-order valence-corrected chi connectivity index (χ4v) is 2.96. The van der Waals surface area contributed by atoms with Crippen molar-refractivity contribution in [2.45, 2.75) is 71.5 Å². The minimum absolute atomic E-state index is 0.0465. The summed E-state index contributed by atoms with van der Waals surface area (Å²) in [5, 5.41) is 10.2. The molecular weight excluding hydrogens is 248 g/mol. The number of benzene rings is 1. The first-order valence-electron chi connectivity index (χ1n) is 7.96. The first-order valence-corrected chi connectivity index (χ1v) is 7.96. The third-order valence-corrected chi connectivity index (χ3v) is 4.60. The molecular formula is C18H28O2. The molecule has 1 aromatic carbocycles. The fourth-order valence-electron chi connectivity index (χ4n) is 2.96. The summed E-state index contributed by atoms with van der Waals surface area (Å²) in [5.74, 6) is 2.13. The van der Waals surface area contributed by atoms with E-state index in [1.165, 1.54) is 12.0 Å². The minimum Gasteiger partial charge on any atom is -0.487 e. The van der Waals surface area contributed by atoms with Gasteiger partial charge in [-0.3, -0.25) is 0 Å². The van der Waals surface area contributed by atoms with E-state index in [1.807, 2.05) is 0 Å². The van der Waals surface area contributed by atoms with E-state index < -0.39 is 0 Å². The number of rotatable bonds is 4. The van der Waals surface area contributed by atoms with Crippen LogP contribution in [0.3, 0.4) is 0 Å². The number of aliphatic hydroxyl groups excluding tert-OH is 1. The van der Waals surface area contributed by atoms with Gasteiger partial charge in [-0.05, 0) is 55.2 Å². The van der Waals surface area contributed by atoms with Crippen molar-refractivity contribution in [2.24, 2.45) is 5.92 Å². The second kappa shape index (κ2) is 6.62. The van der Waals surface area contributed by atoms with Gasteiger partial charge in [0.25, 0.3) is 0 Å². The zero-order valence-electron chi connectivity index (χ0n) is 13.2. The van der Waals surface area contributed by atoms with Crippen LogP contribution in [0.2, 0.25) is 0 Å². The Labute approximate surface area is 123 Å². The quantitative estimate of drug-likeness (QED) is 0.881. The summed E-state index contributed by atoms with van der Waals surface area (Å²) in [6.45, 7) is 8.68. The second-order valence-electron chi connectivity index (χ2n) is 6.49. The third kappa shape index (κ3) is 3.54. The molecule has 2 rings (SSSR count). The number of aliphatic hydroxyl groups is 1. The molecule has 2 heteroatoms. The molecule has 1 aliphatic carbocycles. The summed E-state index contributed by atoms with van der Waals surface area (Å²) in [5.41, 5.74) is 2.45. The molecule has 1 aliphatic rings. The van der Waals surface area contributed by atoms with Gasteiger partial charge in [-0.15, -0.1) is 0 Å². The van der Waals surface area contributed by atoms with E-state index in [0.717, 1.165) is 30.6 Å². The van der Waals surface area contributed by atoms with Crippen LogP contribution in [0.25, 0.3) is 0 Å². The molecule has 0 bridgehead atoms. The van der Waals surface area contributed by atoms with E-state index in [1.54, 1.807) is 0 Å². The van der Waals surface area contributed by atoms with Crippen LogP contribution in [0.15, 0.2) is 18.2 Å². The lowest BCUT2D eigenvalue weighted by Crippen LogP contribution is -2.38. The molecule has 3 unspecified atom stereocenters. The SMILES string of the molecule is CCC1CCC(O)C(Oc2cc(C(C)C)ccc2C)C1. The molecule has 0 radical (unpaired) electrons. The van der Waals surface area contributed by atoms with Crippen LogP contribution >= 0.6 is 0 Å². The van der Waals surface area contributed by atoms with E-state index in [0.29, 0.717) is 11.8 Å². The topological polar surface area (TPSA) is 29.5 Å². The van der Waals surface area contributed by atoms with Crippen molar-refractivity contribution in [2.75, 3.05) is 0 Å². The highest BCUT2D eigenvalue weighted by Gasteiger charge is 2.30. The number of hydrogen-bond donors (Lipinski definition) is 1. The van der Waals surface area contributed by atoms with E-state index in [-0.39, 0.29) is 12.2 Å². The first kappa shape index (κ1) is 15.4. The Hall–Kier alpha value is -1.02. The maximum absolute atomic E-state index is 10.2. The predicted molar refractivity (Wildman–Crippen MR) is 83.3 cm³/mol. The van der Waals surface area contributed by atoms with E-state index >= 15 is 0 Å². The molecule has 112 valence electrons. The van der Waals surface area contributed by atoms with Gasteiger partial charge in [-0.1, -0.05) is 39.3 Å². The lowest BCUT2D eigenvalue weighted by atomic mass is 9.84. The largest absolute Gasteiger partial charge is 0.487 e. The van der Waals surface area contributed by atoms with Gasteiger partial charge < -0.3 is 9.84 Å². The van der Waals surface area contributed by atoms with E-state index in [4.69, 9.17) is 4.74 Å². The highest BCUT2D eigenvalue weighted by atomic mass is 16.5. The van der Waals surface area contributed by atoms with Gasteiger partial charge in [0.1, 0.15) is 11.9 Å². The molecule has 3 atom stereocenters. The molecule has 0 aliphatic heterocycles. The van der Waals surface area contributed by atoms with Crippen LogP contribution in [-0.4, -0.2) is 17.3 Å². The molecule has 0 heterocycles. The molecule has 1 aromatic rings. The summed E-state index contributed by atoms with van der Waals surface area (Å²) in [6.07, 6.45) is 3.78. The molecule has 1 fully saturated rings. The van der Waals surface area contributed by atoms with E-state index in [2.05, 4.69) is 45.9 Å². The average molecular weight is 276 g/mol. The zero-order valence-corrected chi connectivity index (χ0v) is 13.2. The number of aryl methyl sites for hydroxylation is 1. The summed E-state index contributed by atoms with van der Waals surface area (Å²) in [4.78, 5) is 0. The number of hydrogen-bond acceptors (Lipinski definition) is 2. The van der Waals surface area contributed by atoms with Crippen molar-refractivity contribution in [1.82, 2.24) is 0 Å². The van der Waals surface area contributed by atoms with Gasteiger partial charge in [0.05, 0.1) is 6.10 Å². The van der Waals surface area contributed by atoms with Gasteiger partial charge >= 0.3 is 0 Å². The highest BCUT2D eigenvalue weighted by molar-refractivity contribution is 5.38. The van der Waals surface area contributed by atoms with Crippen molar-refractivity contribution in [3.05, 3.63) is 29.3 Å². The van der Waals surface area contributed by atoms with Crippen molar-refractivity contribution in [3.63, 3.8) is 0 Å². The van der Waals surface area contributed by atoms with Gasteiger partial charge in [0.15, 0.2) is 0 Å². The standard InChI is InChI=1S/C18H28O2/c1-5-14-7-9-16(19)18(10-14)20-17-11-15(12(2)3)8-6-13(17)4/h6,8,11-12,14,16,18-19H,5,7,9-10H2,1-4H3. The maximum atomic E-state index is 10.2. The monoisotopic (exact) mass is 276 g/mol. The Bertz CT molecular complexity index is 439.